The molecule has 1 aromatic carbocycles. The number of benzene rings is 1. The zero-order valence-electron chi connectivity index (χ0n) is 13.6. The van der Waals surface area contributed by atoms with Gasteiger partial charge in [0.2, 0.25) is 0 Å². The molecule has 1 aromatic rings. The minimum Gasteiger partial charge on any atom is -0.310 e. The van der Waals surface area contributed by atoms with Crippen LogP contribution in [0.4, 0.5) is 0 Å². The molecule has 1 N–H and O–H groups in total. The molecule has 0 bridgehead atoms. The van der Waals surface area contributed by atoms with E-state index in [0.717, 1.165) is 6.04 Å². The van der Waals surface area contributed by atoms with Crippen molar-refractivity contribution in [2.24, 2.45) is 0 Å². The van der Waals surface area contributed by atoms with Crippen LogP contribution in [0.25, 0.3) is 0 Å². The van der Waals surface area contributed by atoms with E-state index >= 15 is 0 Å². The van der Waals surface area contributed by atoms with Crippen LogP contribution in [-0.2, 0) is 0 Å². The van der Waals surface area contributed by atoms with E-state index in [2.05, 4.69) is 48.5 Å². The number of rotatable bonds is 3. The predicted octanol–water partition coefficient (Wildman–Crippen LogP) is 3.71. The van der Waals surface area contributed by atoms with E-state index in [0.29, 0.717) is 12.0 Å². The van der Waals surface area contributed by atoms with Gasteiger partial charge in [-0.1, -0.05) is 49.1 Å². The predicted molar refractivity (Wildman–Crippen MR) is 89.8 cm³/mol. The molecule has 2 unspecified atom stereocenters. The zero-order chi connectivity index (χ0) is 14.7. The molecule has 0 spiro atoms. The first-order valence-electron chi connectivity index (χ1n) is 8.72. The summed E-state index contributed by atoms with van der Waals surface area (Å²) in [4.78, 5) is 2.51. The molecule has 0 amide bonds. The van der Waals surface area contributed by atoms with Gasteiger partial charge in [-0.05, 0) is 44.7 Å². The van der Waals surface area contributed by atoms with Crippen molar-refractivity contribution in [1.82, 2.24) is 10.2 Å². The van der Waals surface area contributed by atoms with Gasteiger partial charge in [0, 0.05) is 25.2 Å². The number of piperidine rings is 1. The lowest BCUT2D eigenvalue weighted by atomic mass is 9.86. The van der Waals surface area contributed by atoms with E-state index in [9.17, 15) is 0 Å². The Hall–Kier alpha value is -0.860. The second-order valence-electron chi connectivity index (χ2n) is 7.26. The van der Waals surface area contributed by atoms with Crippen molar-refractivity contribution in [3.63, 3.8) is 0 Å². The third-order valence-corrected chi connectivity index (χ3v) is 5.26. The van der Waals surface area contributed by atoms with Crippen LogP contribution in [0.15, 0.2) is 24.3 Å². The lowest BCUT2D eigenvalue weighted by Gasteiger charge is -2.39. The van der Waals surface area contributed by atoms with Crippen LogP contribution in [0.3, 0.4) is 0 Å². The summed E-state index contributed by atoms with van der Waals surface area (Å²) in [6.45, 7) is 4.58. The van der Waals surface area contributed by atoms with Crippen molar-refractivity contribution in [2.45, 2.75) is 63.5 Å². The van der Waals surface area contributed by atoms with Crippen LogP contribution in [0, 0.1) is 6.92 Å². The first-order chi connectivity index (χ1) is 10.2. The Balaban J connectivity index is 1.62. The Morgan fingerprint density at radius 1 is 0.952 bits per heavy atom. The SMILES string of the molecule is Cc1ccc(C2CC(NC3CCCCC3)CN(C)C2)cc1. The summed E-state index contributed by atoms with van der Waals surface area (Å²) in [5.41, 5.74) is 2.88. The fraction of sp³-hybridized carbons (Fsp3) is 0.684. The van der Waals surface area contributed by atoms with Crippen LogP contribution in [0.1, 0.15) is 55.6 Å². The monoisotopic (exact) mass is 286 g/mol. The summed E-state index contributed by atoms with van der Waals surface area (Å²) in [6.07, 6.45) is 8.34. The van der Waals surface area contributed by atoms with Gasteiger partial charge in [0.15, 0.2) is 0 Å². The molecule has 2 atom stereocenters. The summed E-state index contributed by atoms with van der Waals surface area (Å²) < 4.78 is 0. The molecule has 21 heavy (non-hydrogen) atoms. The van der Waals surface area contributed by atoms with Crippen molar-refractivity contribution in [2.75, 3.05) is 20.1 Å². The Morgan fingerprint density at radius 3 is 2.38 bits per heavy atom. The van der Waals surface area contributed by atoms with Crippen molar-refractivity contribution in [3.8, 4) is 0 Å². The summed E-state index contributed by atoms with van der Waals surface area (Å²) in [5.74, 6) is 0.686. The maximum atomic E-state index is 3.96. The second kappa shape index (κ2) is 6.93. The number of hydrogen-bond donors (Lipinski definition) is 1. The highest BCUT2D eigenvalue weighted by Gasteiger charge is 2.28. The number of likely N-dealkylation sites (N-methyl/N-ethyl adjacent to an activating group) is 1. The van der Waals surface area contributed by atoms with Crippen molar-refractivity contribution >= 4 is 0 Å². The molecule has 2 fully saturated rings. The topological polar surface area (TPSA) is 15.3 Å². The van der Waals surface area contributed by atoms with E-state index in [4.69, 9.17) is 0 Å². The van der Waals surface area contributed by atoms with Gasteiger partial charge in [0.1, 0.15) is 0 Å². The van der Waals surface area contributed by atoms with Crippen LogP contribution in [-0.4, -0.2) is 37.1 Å². The Kier molecular flexibility index (Phi) is 4.97. The van der Waals surface area contributed by atoms with Gasteiger partial charge in [0.25, 0.3) is 0 Å². The van der Waals surface area contributed by atoms with Gasteiger partial charge < -0.3 is 10.2 Å². The number of nitrogens with one attached hydrogen (secondary N) is 1. The molecule has 3 rings (SSSR count). The fourth-order valence-corrected chi connectivity index (χ4v) is 4.12. The number of hydrogen-bond acceptors (Lipinski definition) is 2. The van der Waals surface area contributed by atoms with E-state index < -0.39 is 0 Å². The minimum atomic E-state index is 0.665. The average Bonchev–Trinajstić information content (AvgIpc) is 2.48. The molecule has 1 saturated carbocycles. The minimum absolute atomic E-state index is 0.665. The molecule has 1 heterocycles. The molecular formula is C19H30N2. The van der Waals surface area contributed by atoms with Gasteiger partial charge in [-0.2, -0.15) is 0 Å². The molecule has 1 aliphatic carbocycles. The largest absolute Gasteiger partial charge is 0.310 e. The molecule has 1 aliphatic heterocycles. The molecule has 0 aromatic heterocycles. The third kappa shape index (κ3) is 4.08. The maximum absolute atomic E-state index is 3.96. The summed E-state index contributed by atoms with van der Waals surface area (Å²) in [7, 11) is 2.27. The number of likely N-dealkylation sites (tertiary alicyclic amines) is 1. The Morgan fingerprint density at radius 2 is 1.67 bits per heavy atom. The fourth-order valence-electron chi connectivity index (χ4n) is 4.12. The van der Waals surface area contributed by atoms with Crippen molar-refractivity contribution in [1.29, 1.82) is 0 Å². The quantitative estimate of drug-likeness (QED) is 0.911. The average molecular weight is 286 g/mol. The van der Waals surface area contributed by atoms with Crippen molar-refractivity contribution in [3.05, 3.63) is 35.4 Å². The van der Waals surface area contributed by atoms with Gasteiger partial charge in [-0.15, -0.1) is 0 Å². The normalized spacial score (nSPS) is 28.7. The Labute approximate surface area is 129 Å². The maximum Gasteiger partial charge on any atom is 0.0203 e. The lowest BCUT2D eigenvalue weighted by Crippen LogP contribution is -2.50. The van der Waals surface area contributed by atoms with Crippen LogP contribution in [0.2, 0.25) is 0 Å². The van der Waals surface area contributed by atoms with Crippen LogP contribution >= 0.6 is 0 Å². The lowest BCUT2D eigenvalue weighted by molar-refractivity contribution is 0.186. The summed E-state index contributed by atoms with van der Waals surface area (Å²) in [6, 6.07) is 10.6. The zero-order valence-corrected chi connectivity index (χ0v) is 13.6. The standard InChI is InChI=1S/C19H30N2/c1-15-8-10-16(11-9-15)17-12-19(14-21(2)13-17)20-18-6-4-3-5-7-18/h8-11,17-20H,3-7,12-14H2,1-2H3. The molecular weight excluding hydrogens is 256 g/mol. The highest BCUT2D eigenvalue weighted by molar-refractivity contribution is 5.25. The highest BCUT2D eigenvalue weighted by Crippen LogP contribution is 2.28. The van der Waals surface area contributed by atoms with Gasteiger partial charge in [-0.3, -0.25) is 0 Å². The summed E-state index contributed by atoms with van der Waals surface area (Å²) >= 11 is 0. The van der Waals surface area contributed by atoms with Gasteiger partial charge in [-0.25, -0.2) is 0 Å². The summed E-state index contributed by atoms with van der Waals surface area (Å²) in [5, 5.41) is 3.96. The second-order valence-corrected chi connectivity index (χ2v) is 7.26. The van der Waals surface area contributed by atoms with E-state index in [1.54, 1.807) is 0 Å². The third-order valence-electron chi connectivity index (χ3n) is 5.26. The van der Waals surface area contributed by atoms with Crippen molar-refractivity contribution < 1.29 is 0 Å². The smallest absolute Gasteiger partial charge is 0.0203 e. The first kappa shape index (κ1) is 15.1. The highest BCUT2D eigenvalue weighted by atomic mass is 15.1. The van der Waals surface area contributed by atoms with E-state index in [-0.39, 0.29) is 0 Å². The van der Waals surface area contributed by atoms with Gasteiger partial charge >= 0.3 is 0 Å². The molecule has 1 saturated heterocycles. The molecule has 0 radical (unpaired) electrons. The molecule has 2 aliphatic rings. The number of nitrogens with zero attached hydrogens (tertiary/aromatic N) is 1. The van der Waals surface area contributed by atoms with E-state index in [1.165, 1.54) is 62.7 Å². The molecule has 2 nitrogen and oxygen atoms in total. The number of aryl methyl sites for hydroxylation is 1. The Bertz CT molecular complexity index is 433. The van der Waals surface area contributed by atoms with Crippen LogP contribution in [0.5, 0.6) is 0 Å². The molecule has 116 valence electrons. The van der Waals surface area contributed by atoms with E-state index in [1.807, 2.05) is 0 Å². The van der Waals surface area contributed by atoms with Gasteiger partial charge in [0.05, 0.1) is 0 Å². The first-order valence-corrected chi connectivity index (χ1v) is 8.72. The molecule has 2 heteroatoms. The van der Waals surface area contributed by atoms with Crippen LogP contribution < -0.4 is 5.32 Å².